The highest BCUT2D eigenvalue weighted by molar-refractivity contribution is 5.71. The number of nitrogens with zero attached hydrogens (tertiary/aromatic N) is 2. The molecule has 1 fully saturated rings. The Morgan fingerprint density at radius 3 is 2.56 bits per heavy atom. The Morgan fingerprint density at radius 1 is 1.33 bits per heavy atom. The van der Waals surface area contributed by atoms with Gasteiger partial charge in [-0.2, -0.15) is 18.2 Å². The predicted molar refractivity (Wildman–Crippen MR) is 51.6 cm³/mol. The van der Waals surface area contributed by atoms with E-state index in [2.05, 4.69) is 14.7 Å². The van der Waals surface area contributed by atoms with E-state index < -0.39 is 29.8 Å². The molecule has 5 nitrogen and oxygen atoms in total. The third-order valence-electron chi connectivity index (χ3n) is 3.10. The number of rotatable bonds is 2. The molecule has 0 spiro atoms. The molecule has 18 heavy (non-hydrogen) atoms. The van der Waals surface area contributed by atoms with Crippen LogP contribution >= 0.6 is 0 Å². The highest BCUT2D eigenvalue weighted by Gasteiger charge is 2.41. The fourth-order valence-electron chi connectivity index (χ4n) is 2.22. The number of carboxylic acids is 1. The average Bonchev–Trinajstić information content (AvgIpc) is 2.77. The van der Waals surface area contributed by atoms with E-state index in [1.54, 1.807) is 0 Å². The molecular formula is C10H11F3N2O3. The van der Waals surface area contributed by atoms with Crippen molar-refractivity contribution in [1.82, 2.24) is 10.1 Å². The first kappa shape index (κ1) is 12.8. The predicted octanol–water partition coefficient (Wildman–Crippen LogP) is 2.45. The van der Waals surface area contributed by atoms with Crippen molar-refractivity contribution in [3.8, 4) is 0 Å². The summed E-state index contributed by atoms with van der Waals surface area (Å²) in [5.74, 6) is -3.99. The number of carbonyl (C=O) groups is 1. The molecule has 0 radical (unpaired) electrons. The Labute approximate surface area is 100.0 Å². The number of halogens is 3. The van der Waals surface area contributed by atoms with Gasteiger partial charge >= 0.3 is 12.1 Å². The van der Waals surface area contributed by atoms with Crippen LogP contribution in [-0.4, -0.2) is 21.2 Å². The van der Waals surface area contributed by atoms with Gasteiger partial charge in [0.05, 0.1) is 11.8 Å². The number of aromatic nitrogens is 2. The van der Waals surface area contributed by atoms with Crippen LogP contribution in [0.5, 0.6) is 0 Å². The molecular weight excluding hydrogens is 253 g/mol. The second-order valence-corrected chi connectivity index (χ2v) is 4.29. The van der Waals surface area contributed by atoms with Crippen LogP contribution < -0.4 is 0 Å². The summed E-state index contributed by atoms with van der Waals surface area (Å²) in [4.78, 5) is 14.3. The van der Waals surface area contributed by atoms with Crippen molar-refractivity contribution in [2.24, 2.45) is 5.92 Å². The molecule has 1 saturated carbocycles. The number of hydrogen-bond acceptors (Lipinski definition) is 4. The molecule has 0 saturated heterocycles. The molecule has 0 bridgehead atoms. The van der Waals surface area contributed by atoms with Crippen molar-refractivity contribution in [2.75, 3.05) is 0 Å². The first-order chi connectivity index (χ1) is 8.39. The SMILES string of the molecule is O=C(O)C1CCCCC1c1nc(C(F)(F)F)no1. The zero-order valence-electron chi connectivity index (χ0n) is 9.28. The van der Waals surface area contributed by atoms with Gasteiger partial charge in [0.25, 0.3) is 5.82 Å². The van der Waals surface area contributed by atoms with Crippen LogP contribution in [0.25, 0.3) is 0 Å². The van der Waals surface area contributed by atoms with E-state index in [0.29, 0.717) is 12.8 Å². The molecule has 1 aromatic rings. The molecule has 1 heterocycles. The summed E-state index contributed by atoms with van der Waals surface area (Å²) in [7, 11) is 0. The van der Waals surface area contributed by atoms with Crippen molar-refractivity contribution in [1.29, 1.82) is 0 Å². The van der Waals surface area contributed by atoms with Crippen LogP contribution in [0.4, 0.5) is 13.2 Å². The van der Waals surface area contributed by atoms with Crippen LogP contribution in [0.3, 0.4) is 0 Å². The monoisotopic (exact) mass is 264 g/mol. The van der Waals surface area contributed by atoms with Gasteiger partial charge < -0.3 is 9.63 Å². The molecule has 1 aromatic heterocycles. The van der Waals surface area contributed by atoms with Gasteiger partial charge in [0, 0.05) is 0 Å². The first-order valence-electron chi connectivity index (χ1n) is 5.53. The molecule has 2 unspecified atom stereocenters. The third-order valence-corrected chi connectivity index (χ3v) is 3.10. The summed E-state index contributed by atoms with van der Waals surface area (Å²) < 4.78 is 41.5. The van der Waals surface area contributed by atoms with Crippen LogP contribution in [0.2, 0.25) is 0 Å². The first-order valence-corrected chi connectivity index (χ1v) is 5.53. The fraction of sp³-hybridized carbons (Fsp3) is 0.700. The Hall–Kier alpha value is -1.60. The van der Waals surface area contributed by atoms with Crippen LogP contribution in [0.15, 0.2) is 4.52 Å². The van der Waals surface area contributed by atoms with Crippen molar-refractivity contribution in [3.05, 3.63) is 11.7 Å². The second-order valence-electron chi connectivity index (χ2n) is 4.29. The Balaban J connectivity index is 2.24. The fourth-order valence-corrected chi connectivity index (χ4v) is 2.22. The van der Waals surface area contributed by atoms with Crippen molar-refractivity contribution in [2.45, 2.75) is 37.8 Å². The number of alkyl halides is 3. The lowest BCUT2D eigenvalue weighted by Crippen LogP contribution is -2.25. The standard InChI is InChI=1S/C10H11F3N2O3/c11-10(12,13)9-14-7(18-15-9)5-3-1-2-4-6(5)8(16)17/h5-6H,1-4H2,(H,16,17). The van der Waals surface area contributed by atoms with Crippen LogP contribution in [-0.2, 0) is 11.0 Å². The molecule has 2 atom stereocenters. The normalized spacial score (nSPS) is 25.1. The van der Waals surface area contributed by atoms with Gasteiger partial charge in [0.15, 0.2) is 0 Å². The highest BCUT2D eigenvalue weighted by Crippen LogP contribution is 2.38. The number of hydrogen-bond donors (Lipinski definition) is 1. The maximum atomic E-state index is 12.3. The van der Waals surface area contributed by atoms with Gasteiger partial charge in [-0.15, -0.1) is 0 Å². The minimum Gasteiger partial charge on any atom is -0.481 e. The smallest absolute Gasteiger partial charge is 0.455 e. The third kappa shape index (κ3) is 2.46. The van der Waals surface area contributed by atoms with E-state index in [1.807, 2.05) is 0 Å². The summed E-state index contributed by atoms with van der Waals surface area (Å²) >= 11 is 0. The molecule has 2 rings (SSSR count). The van der Waals surface area contributed by atoms with E-state index in [0.717, 1.165) is 12.8 Å². The van der Waals surface area contributed by atoms with E-state index in [9.17, 15) is 18.0 Å². The van der Waals surface area contributed by atoms with E-state index >= 15 is 0 Å². The summed E-state index contributed by atoms with van der Waals surface area (Å²) in [6.07, 6.45) is -2.30. The maximum Gasteiger partial charge on any atom is 0.455 e. The molecule has 1 N–H and O–H groups in total. The lowest BCUT2D eigenvalue weighted by atomic mass is 9.79. The zero-order valence-corrected chi connectivity index (χ0v) is 9.28. The largest absolute Gasteiger partial charge is 0.481 e. The number of aliphatic carboxylic acids is 1. The number of carboxylic acid groups (broad SMARTS) is 1. The van der Waals surface area contributed by atoms with Crippen molar-refractivity contribution in [3.63, 3.8) is 0 Å². The molecule has 0 aromatic carbocycles. The lowest BCUT2D eigenvalue weighted by molar-refractivity contribution is -0.146. The Morgan fingerprint density at radius 2 is 2.00 bits per heavy atom. The molecule has 1 aliphatic rings. The quantitative estimate of drug-likeness (QED) is 0.887. The van der Waals surface area contributed by atoms with E-state index in [-0.39, 0.29) is 5.89 Å². The van der Waals surface area contributed by atoms with Crippen LogP contribution in [0.1, 0.15) is 43.3 Å². The highest BCUT2D eigenvalue weighted by atomic mass is 19.4. The van der Waals surface area contributed by atoms with Gasteiger partial charge in [0.2, 0.25) is 5.89 Å². The molecule has 1 aliphatic carbocycles. The molecule has 0 amide bonds. The second kappa shape index (κ2) is 4.58. The topological polar surface area (TPSA) is 76.2 Å². The minimum atomic E-state index is -4.67. The van der Waals surface area contributed by atoms with Gasteiger partial charge in [-0.25, -0.2) is 0 Å². The summed E-state index contributed by atoms with van der Waals surface area (Å²) in [6, 6.07) is 0. The average molecular weight is 264 g/mol. The molecule has 8 heteroatoms. The molecule has 0 aliphatic heterocycles. The van der Waals surface area contributed by atoms with Gasteiger partial charge in [-0.05, 0) is 12.8 Å². The van der Waals surface area contributed by atoms with Crippen molar-refractivity contribution < 1.29 is 27.6 Å². The summed E-state index contributed by atoms with van der Waals surface area (Å²) in [5, 5.41) is 11.9. The van der Waals surface area contributed by atoms with Crippen LogP contribution in [0, 0.1) is 5.92 Å². The zero-order chi connectivity index (χ0) is 13.3. The van der Waals surface area contributed by atoms with E-state index in [1.165, 1.54) is 0 Å². The summed E-state index contributed by atoms with van der Waals surface area (Å²) in [5.41, 5.74) is 0. The van der Waals surface area contributed by atoms with E-state index in [4.69, 9.17) is 5.11 Å². The maximum absolute atomic E-state index is 12.3. The van der Waals surface area contributed by atoms with Crippen molar-refractivity contribution >= 4 is 5.97 Å². The summed E-state index contributed by atoms with van der Waals surface area (Å²) in [6.45, 7) is 0. The Kier molecular flexibility index (Phi) is 3.27. The van der Waals surface area contributed by atoms with Gasteiger partial charge in [-0.1, -0.05) is 18.0 Å². The Bertz CT molecular complexity index is 444. The molecule has 100 valence electrons. The lowest BCUT2D eigenvalue weighted by Gasteiger charge is -2.25. The minimum absolute atomic E-state index is 0.227. The van der Waals surface area contributed by atoms with Gasteiger partial charge in [-0.3, -0.25) is 4.79 Å². The van der Waals surface area contributed by atoms with Gasteiger partial charge in [0.1, 0.15) is 0 Å².